The third-order valence-corrected chi connectivity index (χ3v) is 6.07. The van der Waals surface area contributed by atoms with Gasteiger partial charge in [0.25, 0.3) is 5.91 Å². The Morgan fingerprint density at radius 3 is 2.55 bits per heavy atom. The van der Waals surface area contributed by atoms with Gasteiger partial charge in [-0.25, -0.2) is 4.39 Å². The van der Waals surface area contributed by atoms with Crippen LogP contribution in [0.15, 0.2) is 42.5 Å². The molecule has 166 valence electrons. The first-order valence-electron chi connectivity index (χ1n) is 10.9. The predicted molar refractivity (Wildman–Crippen MR) is 118 cm³/mol. The minimum Gasteiger partial charge on any atom is -0.483 e. The lowest BCUT2D eigenvalue weighted by Crippen LogP contribution is -2.50. The van der Waals surface area contributed by atoms with E-state index in [2.05, 4.69) is 5.32 Å². The average Bonchev–Trinajstić information content (AvgIpc) is 3.26. The molecule has 0 aromatic heterocycles. The molecule has 1 saturated carbocycles. The van der Waals surface area contributed by atoms with Gasteiger partial charge in [-0.3, -0.25) is 9.59 Å². The van der Waals surface area contributed by atoms with Crippen LogP contribution in [0.25, 0.3) is 0 Å². The fourth-order valence-electron chi connectivity index (χ4n) is 3.89. The summed E-state index contributed by atoms with van der Waals surface area (Å²) >= 11 is 0. The second-order valence-electron chi connectivity index (χ2n) is 8.27. The summed E-state index contributed by atoms with van der Waals surface area (Å²) < 4.78 is 20.1. The molecule has 0 bridgehead atoms. The van der Waals surface area contributed by atoms with Gasteiger partial charge in [-0.05, 0) is 56.9 Å². The Hall–Kier alpha value is -2.89. The number of nitrogens with zero attached hydrogens (tertiary/aromatic N) is 1. The molecule has 0 saturated heterocycles. The van der Waals surface area contributed by atoms with Gasteiger partial charge in [-0.2, -0.15) is 0 Å². The minimum absolute atomic E-state index is 0.000912. The summed E-state index contributed by atoms with van der Waals surface area (Å²) in [6.45, 7) is 5.37. The Bertz CT molecular complexity index is 925. The summed E-state index contributed by atoms with van der Waals surface area (Å²) in [5.74, 6) is -0.358. The topological polar surface area (TPSA) is 58.6 Å². The molecule has 2 amide bonds. The van der Waals surface area contributed by atoms with Crippen molar-refractivity contribution in [2.24, 2.45) is 0 Å². The molecular weight excluding hydrogens is 395 g/mol. The maximum Gasteiger partial charge on any atom is 0.261 e. The number of rotatable bonds is 8. The smallest absolute Gasteiger partial charge is 0.261 e. The van der Waals surface area contributed by atoms with Crippen LogP contribution < -0.4 is 10.1 Å². The highest BCUT2D eigenvalue weighted by atomic mass is 19.1. The van der Waals surface area contributed by atoms with Crippen LogP contribution in [0.1, 0.15) is 49.3 Å². The van der Waals surface area contributed by atoms with Crippen LogP contribution in [0.5, 0.6) is 5.75 Å². The van der Waals surface area contributed by atoms with Gasteiger partial charge in [0.2, 0.25) is 5.91 Å². The Kier molecular flexibility index (Phi) is 7.66. The molecular formula is C25H31FN2O3. The number of ether oxygens (including phenoxy) is 1. The number of aryl methyl sites for hydroxylation is 1. The molecule has 31 heavy (non-hydrogen) atoms. The summed E-state index contributed by atoms with van der Waals surface area (Å²) in [5.41, 5.74) is 2.39. The van der Waals surface area contributed by atoms with Crippen molar-refractivity contribution >= 4 is 11.8 Å². The standard InChI is InChI=1S/C25H31FN2O3/c1-17-9-8-14-23(18(17)2)31-16-24(29)28(15-20-10-4-7-13-22(20)26)19(3)25(30)27-21-11-5-6-12-21/h4,7-10,13-14,19,21H,5-6,11-12,15-16H2,1-3H3,(H,27,30)/t19-/m0/s1. The van der Waals surface area contributed by atoms with Gasteiger partial charge >= 0.3 is 0 Å². The van der Waals surface area contributed by atoms with Crippen molar-refractivity contribution in [1.29, 1.82) is 0 Å². The molecule has 0 unspecified atom stereocenters. The van der Waals surface area contributed by atoms with E-state index >= 15 is 0 Å². The maximum atomic E-state index is 14.3. The van der Waals surface area contributed by atoms with E-state index in [1.54, 1.807) is 25.1 Å². The highest BCUT2D eigenvalue weighted by Gasteiger charge is 2.29. The molecule has 1 aliphatic carbocycles. The fourth-order valence-corrected chi connectivity index (χ4v) is 3.89. The zero-order valence-corrected chi connectivity index (χ0v) is 18.5. The second-order valence-corrected chi connectivity index (χ2v) is 8.27. The van der Waals surface area contributed by atoms with Crippen molar-refractivity contribution in [2.75, 3.05) is 6.61 Å². The highest BCUT2D eigenvalue weighted by Crippen LogP contribution is 2.22. The van der Waals surface area contributed by atoms with Crippen LogP contribution in [0, 0.1) is 19.7 Å². The van der Waals surface area contributed by atoms with E-state index in [1.807, 2.05) is 32.0 Å². The number of amides is 2. The number of halogens is 1. The Morgan fingerprint density at radius 1 is 1.13 bits per heavy atom. The molecule has 1 fully saturated rings. The summed E-state index contributed by atoms with van der Waals surface area (Å²) in [5, 5.41) is 3.04. The highest BCUT2D eigenvalue weighted by molar-refractivity contribution is 5.88. The normalized spacial score (nSPS) is 14.8. The van der Waals surface area contributed by atoms with E-state index in [0.29, 0.717) is 11.3 Å². The zero-order valence-electron chi connectivity index (χ0n) is 18.5. The summed E-state index contributed by atoms with van der Waals surface area (Å²) in [4.78, 5) is 27.4. The van der Waals surface area contributed by atoms with Gasteiger partial charge in [0, 0.05) is 18.2 Å². The molecule has 1 aliphatic rings. The van der Waals surface area contributed by atoms with E-state index in [0.717, 1.165) is 36.8 Å². The van der Waals surface area contributed by atoms with E-state index in [-0.39, 0.29) is 31.0 Å². The first-order chi connectivity index (χ1) is 14.9. The molecule has 0 heterocycles. The molecule has 5 nitrogen and oxygen atoms in total. The number of hydrogen-bond donors (Lipinski definition) is 1. The maximum absolute atomic E-state index is 14.3. The van der Waals surface area contributed by atoms with E-state index in [1.165, 1.54) is 11.0 Å². The number of carbonyl (C=O) groups is 2. The molecule has 0 spiro atoms. The van der Waals surface area contributed by atoms with E-state index < -0.39 is 11.9 Å². The van der Waals surface area contributed by atoms with Gasteiger partial charge in [-0.1, -0.05) is 43.2 Å². The Labute approximate surface area is 183 Å². The van der Waals surface area contributed by atoms with Crippen molar-refractivity contribution in [1.82, 2.24) is 10.2 Å². The number of nitrogens with one attached hydrogen (secondary N) is 1. The van der Waals surface area contributed by atoms with Crippen LogP contribution in [-0.4, -0.2) is 35.4 Å². The lowest BCUT2D eigenvalue weighted by Gasteiger charge is -2.30. The van der Waals surface area contributed by atoms with E-state index in [4.69, 9.17) is 4.74 Å². The number of hydrogen-bond acceptors (Lipinski definition) is 3. The second kappa shape index (κ2) is 10.4. The molecule has 2 aromatic rings. The largest absolute Gasteiger partial charge is 0.483 e. The Balaban J connectivity index is 1.75. The van der Waals surface area contributed by atoms with Crippen LogP contribution in [0.2, 0.25) is 0 Å². The van der Waals surface area contributed by atoms with Crippen molar-refractivity contribution in [3.05, 3.63) is 65.0 Å². The van der Waals surface area contributed by atoms with Gasteiger partial charge in [0.05, 0.1) is 0 Å². The van der Waals surface area contributed by atoms with Gasteiger partial charge in [0.1, 0.15) is 17.6 Å². The summed E-state index contributed by atoms with van der Waals surface area (Å²) in [6.07, 6.45) is 4.10. The molecule has 6 heteroatoms. The van der Waals surface area contributed by atoms with Crippen LogP contribution >= 0.6 is 0 Å². The molecule has 2 aromatic carbocycles. The van der Waals surface area contributed by atoms with Gasteiger partial charge < -0.3 is 15.0 Å². The summed E-state index contributed by atoms with van der Waals surface area (Å²) in [6, 6.07) is 11.4. The SMILES string of the molecule is Cc1cccc(OCC(=O)N(Cc2ccccc2F)[C@@H](C)C(=O)NC2CCCC2)c1C. The fraction of sp³-hybridized carbons (Fsp3) is 0.440. The monoisotopic (exact) mass is 426 g/mol. The average molecular weight is 427 g/mol. The molecule has 0 radical (unpaired) electrons. The molecule has 1 atom stereocenters. The van der Waals surface area contributed by atoms with Crippen LogP contribution in [0.3, 0.4) is 0 Å². The first-order valence-corrected chi connectivity index (χ1v) is 10.9. The lowest BCUT2D eigenvalue weighted by molar-refractivity contribution is -0.142. The molecule has 0 aliphatic heterocycles. The minimum atomic E-state index is -0.741. The van der Waals surface area contributed by atoms with Crippen LogP contribution in [-0.2, 0) is 16.1 Å². The van der Waals surface area contributed by atoms with Crippen molar-refractivity contribution in [3.63, 3.8) is 0 Å². The van der Waals surface area contributed by atoms with Gasteiger partial charge in [-0.15, -0.1) is 0 Å². The number of carbonyl (C=O) groups excluding carboxylic acids is 2. The van der Waals surface area contributed by atoms with Crippen LogP contribution in [0.4, 0.5) is 4.39 Å². The van der Waals surface area contributed by atoms with Crippen molar-refractivity contribution in [3.8, 4) is 5.75 Å². The van der Waals surface area contributed by atoms with E-state index in [9.17, 15) is 14.0 Å². The lowest BCUT2D eigenvalue weighted by atomic mass is 10.1. The number of benzene rings is 2. The first kappa shape index (κ1) is 22.8. The molecule has 3 rings (SSSR count). The molecule has 1 N–H and O–H groups in total. The van der Waals surface area contributed by atoms with Gasteiger partial charge in [0.15, 0.2) is 6.61 Å². The third-order valence-electron chi connectivity index (χ3n) is 6.07. The van der Waals surface area contributed by atoms with Crippen molar-refractivity contribution in [2.45, 2.75) is 65.1 Å². The third kappa shape index (κ3) is 5.84. The quantitative estimate of drug-likeness (QED) is 0.685. The predicted octanol–water partition coefficient (Wildman–Crippen LogP) is 4.30. The summed E-state index contributed by atoms with van der Waals surface area (Å²) in [7, 11) is 0. The van der Waals surface area contributed by atoms with Crippen molar-refractivity contribution < 1.29 is 18.7 Å². The zero-order chi connectivity index (χ0) is 22.4. The Morgan fingerprint density at radius 2 is 1.84 bits per heavy atom.